The van der Waals surface area contributed by atoms with Gasteiger partial charge in [-0.1, -0.05) is 36.4 Å². The average molecular weight is 503 g/mol. The second-order valence-electron chi connectivity index (χ2n) is 8.18. The van der Waals surface area contributed by atoms with E-state index >= 15 is 0 Å². The first kappa shape index (κ1) is 21.7. The second kappa shape index (κ2) is 10.2. The van der Waals surface area contributed by atoms with Crippen LogP contribution in [0, 0.1) is 0 Å². The number of fused-ring (bicyclic) bond motifs is 1. The van der Waals surface area contributed by atoms with Crippen molar-refractivity contribution >= 4 is 49.9 Å². The van der Waals surface area contributed by atoms with Gasteiger partial charge in [0, 0.05) is 47.6 Å². The van der Waals surface area contributed by atoms with E-state index in [4.69, 9.17) is 0 Å². The Balaban J connectivity index is 1.27. The van der Waals surface area contributed by atoms with Crippen LogP contribution in [0.3, 0.4) is 0 Å². The van der Waals surface area contributed by atoms with Gasteiger partial charge in [-0.2, -0.15) is 4.98 Å². The molecule has 0 atom stereocenters. The van der Waals surface area contributed by atoms with Crippen LogP contribution in [0.15, 0.2) is 71.5 Å². The van der Waals surface area contributed by atoms with Crippen molar-refractivity contribution < 1.29 is 0 Å². The summed E-state index contributed by atoms with van der Waals surface area (Å²) in [5.41, 5.74) is 6.11. The minimum atomic E-state index is 0.571. The summed E-state index contributed by atoms with van der Waals surface area (Å²) < 4.78 is 0.856. The third-order valence-corrected chi connectivity index (χ3v) is 6.45. The van der Waals surface area contributed by atoms with Crippen molar-refractivity contribution in [3.63, 3.8) is 0 Å². The Labute approximate surface area is 202 Å². The number of H-pyrrole nitrogens is 1. The van der Waals surface area contributed by atoms with Crippen LogP contribution in [0.1, 0.15) is 24.0 Å². The molecule has 7 heteroatoms. The maximum Gasteiger partial charge on any atom is 0.229 e. The minimum absolute atomic E-state index is 0.571. The first-order chi connectivity index (χ1) is 16.3. The van der Waals surface area contributed by atoms with Gasteiger partial charge in [0.15, 0.2) is 0 Å². The van der Waals surface area contributed by atoms with E-state index in [1.807, 2.05) is 6.07 Å². The zero-order valence-corrected chi connectivity index (χ0v) is 20.0. The molecule has 0 bridgehead atoms. The molecule has 6 nitrogen and oxygen atoms in total. The van der Waals surface area contributed by atoms with Gasteiger partial charge in [0.25, 0.3) is 0 Å². The Morgan fingerprint density at radius 2 is 2.00 bits per heavy atom. The highest BCUT2D eigenvalue weighted by Gasteiger charge is 2.12. The highest BCUT2D eigenvalue weighted by molar-refractivity contribution is 9.10. The van der Waals surface area contributed by atoms with Gasteiger partial charge in [-0.25, -0.2) is 4.98 Å². The quantitative estimate of drug-likeness (QED) is 0.226. The molecule has 33 heavy (non-hydrogen) atoms. The van der Waals surface area contributed by atoms with E-state index in [0.29, 0.717) is 5.95 Å². The molecule has 0 unspecified atom stereocenters. The molecule has 4 aromatic rings. The van der Waals surface area contributed by atoms with E-state index in [9.17, 15) is 0 Å². The lowest BCUT2D eigenvalue weighted by Crippen LogP contribution is -2.19. The lowest BCUT2D eigenvalue weighted by molar-refractivity contribution is 0.739. The number of hydrogen-bond donors (Lipinski definition) is 4. The van der Waals surface area contributed by atoms with Crippen LogP contribution >= 0.6 is 15.9 Å². The van der Waals surface area contributed by atoms with E-state index in [-0.39, 0.29) is 0 Å². The number of halogens is 1. The molecule has 0 spiro atoms. The number of aryl methyl sites for hydroxylation is 1. The standard InChI is InChI=1S/C26H27BrN6/c27-23-17-31-26(33-25(23)29-12-4-7-18-5-2-1-3-6-18)32-20-8-9-24-21(15-20)22(16-30-24)19-10-13-28-14-11-19/h1-3,5-6,8-10,15-17,28,30H,4,7,11-14H2,(H2,29,31,32,33). The molecule has 2 aromatic carbocycles. The number of benzene rings is 2. The fourth-order valence-electron chi connectivity index (χ4n) is 4.16. The number of anilines is 3. The van der Waals surface area contributed by atoms with Gasteiger partial charge >= 0.3 is 0 Å². The molecule has 4 N–H and O–H groups in total. The molecular formula is C26H27BrN6. The minimum Gasteiger partial charge on any atom is -0.369 e. The molecule has 1 aliphatic heterocycles. The number of aromatic nitrogens is 3. The van der Waals surface area contributed by atoms with Crippen LogP contribution in [-0.4, -0.2) is 34.6 Å². The van der Waals surface area contributed by atoms with Crippen LogP contribution < -0.4 is 16.0 Å². The molecule has 168 valence electrons. The summed E-state index contributed by atoms with van der Waals surface area (Å²) in [7, 11) is 0. The van der Waals surface area contributed by atoms with Crippen LogP contribution in [0.2, 0.25) is 0 Å². The van der Waals surface area contributed by atoms with Gasteiger partial charge in [-0.05, 0) is 71.1 Å². The Morgan fingerprint density at radius 1 is 1.09 bits per heavy atom. The molecule has 0 amide bonds. The number of hydrogen-bond acceptors (Lipinski definition) is 5. The van der Waals surface area contributed by atoms with Gasteiger partial charge in [-0.3, -0.25) is 0 Å². The SMILES string of the molecule is Brc1cnc(Nc2ccc3[nH]cc(C4=CCNCC4)c3c2)nc1NCCCc1ccccc1. The maximum atomic E-state index is 4.68. The zero-order valence-electron chi connectivity index (χ0n) is 18.4. The van der Waals surface area contributed by atoms with Gasteiger partial charge in [0.1, 0.15) is 5.82 Å². The zero-order chi connectivity index (χ0) is 22.5. The molecule has 1 aliphatic rings. The molecular weight excluding hydrogens is 476 g/mol. The van der Waals surface area contributed by atoms with E-state index in [0.717, 1.165) is 60.4 Å². The van der Waals surface area contributed by atoms with Gasteiger partial charge in [0.05, 0.1) is 4.47 Å². The second-order valence-corrected chi connectivity index (χ2v) is 9.03. The topological polar surface area (TPSA) is 77.7 Å². The maximum absolute atomic E-state index is 4.68. The van der Waals surface area contributed by atoms with Crippen molar-refractivity contribution in [3.05, 3.63) is 82.6 Å². The molecule has 2 aromatic heterocycles. The molecule has 0 fully saturated rings. The molecule has 0 radical (unpaired) electrons. The van der Waals surface area contributed by atoms with E-state index in [1.54, 1.807) is 6.20 Å². The third kappa shape index (κ3) is 5.26. The van der Waals surface area contributed by atoms with Crippen molar-refractivity contribution in [2.45, 2.75) is 19.3 Å². The Kier molecular flexibility index (Phi) is 6.69. The number of nitrogens with one attached hydrogen (secondary N) is 4. The van der Waals surface area contributed by atoms with Gasteiger partial charge in [-0.15, -0.1) is 0 Å². The number of nitrogens with zero attached hydrogens (tertiary/aromatic N) is 2. The average Bonchev–Trinajstić information content (AvgIpc) is 3.28. The Morgan fingerprint density at radius 3 is 2.85 bits per heavy atom. The largest absolute Gasteiger partial charge is 0.369 e. The van der Waals surface area contributed by atoms with Crippen LogP contribution in [0.25, 0.3) is 16.5 Å². The van der Waals surface area contributed by atoms with Gasteiger partial charge < -0.3 is 20.9 Å². The van der Waals surface area contributed by atoms with Crippen molar-refractivity contribution in [3.8, 4) is 0 Å². The summed E-state index contributed by atoms with van der Waals surface area (Å²) >= 11 is 3.56. The van der Waals surface area contributed by atoms with E-state index < -0.39 is 0 Å². The lowest BCUT2D eigenvalue weighted by Gasteiger charge is -2.14. The van der Waals surface area contributed by atoms with Crippen LogP contribution in [0.4, 0.5) is 17.5 Å². The lowest BCUT2D eigenvalue weighted by atomic mass is 9.99. The normalized spacial score (nSPS) is 13.7. The molecule has 0 saturated carbocycles. The van der Waals surface area contributed by atoms with Gasteiger partial charge in [0.2, 0.25) is 5.95 Å². The molecule has 0 aliphatic carbocycles. The predicted octanol–water partition coefficient (Wildman–Crippen LogP) is 5.89. The Bertz CT molecular complexity index is 1260. The van der Waals surface area contributed by atoms with Crippen molar-refractivity contribution in [2.24, 2.45) is 0 Å². The fraction of sp³-hybridized carbons (Fsp3) is 0.231. The van der Waals surface area contributed by atoms with Crippen molar-refractivity contribution in [2.75, 3.05) is 30.3 Å². The third-order valence-electron chi connectivity index (χ3n) is 5.87. The molecule has 3 heterocycles. The van der Waals surface area contributed by atoms with E-state index in [1.165, 1.54) is 22.1 Å². The molecule has 0 saturated heterocycles. The smallest absolute Gasteiger partial charge is 0.229 e. The summed E-state index contributed by atoms with van der Waals surface area (Å²) in [6, 6.07) is 16.9. The van der Waals surface area contributed by atoms with Crippen LogP contribution in [0.5, 0.6) is 0 Å². The highest BCUT2D eigenvalue weighted by Crippen LogP contribution is 2.31. The van der Waals surface area contributed by atoms with Crippen molar-refractivity contribution in [1.82, 2.24) is 20.3 Å². The predicted molar refractivity (Wildman–Crippen MR) is 140 cm³/mol. The first-order valence-corrected chi connectivity index (χ1v) is 12.1. The summed E-state index contributed by atoms with van der Waals surface area (Å²) in [5, 5.41) is 11.4. The summed E-state index contributed by atoms with van der Waals surface area (Å²) in [6.07, 6.45) is 9.28. The van der Waals surface area contributed by atoms with Crippen molar-refractivity contribution in [1.29, 1.82) is 0 Å². The fourth-order valence-corrected chi connectivity index (χ4v) is 4.49. The number of aromatic amines is 1. The summed E-state index contributed by atoms with van der Waals surface area (Å²) in [5.74, 6) is 1.37. The molecule has 5 rings (SSSR count). The Hall–Kier alpha value is -3.16. The van der Waals surface area contributed by atoms with Crippen LogP contribution in [-0.2, 0) is 6.42 Å². The number of rotatable bonds is 8. The first-order valence-electron chi connectivity index (χ1n) is 11.3. The van der Waals surface area contributed by atoms with E-state index in [2.05, 4.69) is 102 Å². The monoisotopic (exact) mass is 502 g/mol. The highest BCUT2D eigenvalue weighted by atomic mass is 79.9. The summed E-state index contributed by atoms with van der Waals surface area (Å²) in [4.78, 5) is 12.5. The summed E-state index contributed by atoms with van der Waals surface area (Å²) in [6.45, 7) is 2.78.